The highest BCUT2D eigenvalue weighted by Crippen LogP contribution is 2.34. The minimum absolute atomic E-state index is 0.0151. The number of benzene rings is 2. The van der Waals surface area contributed by atoms with Crippen molar-refractivity contribution in [2.24, 2.45) is 5.92 Å². The number of aliphatic hydroxyl groups is 1. The summed E-state index contributed by atoms with van der Waals surface area (Å²) < 4.78 is 30.4. The normalized spacial score (nSPS) is 13.7. The number of anilines is 1. The predicted octanol–water partition coefficient (Wildman–Crippen LogP) is 2.75. The first kappa shape index (κ1) is 21.9. The zero-order valence-corrected chi connectivity index (χ0v) is 18.2. The van der Waals surface area contributed by atoms with Crippen molar-refractivity contribution >= 4 is 44.9 Å². The fourth-order valence-corrected chi connectivity index (χ4v) is 4.51. The van der Waals surface area contributed by atoms with Crippen LogP contribution in [-0.4, -0.2) is 52.6 Å². The summed E-state index contributed by atoms with van der Waals surface area (Å²) in [5.41, 5.74) is 2.82. The molecule has 4 rings (SSSR count). The summed E-state index contributed by atoms with van der Waals surface area (Å²) >= 11 is -2.53. The molecule has 0 saturated carbocycles. The second kappa shape index (κ2) is 8.69. The maximum atomic E-state index is 12.1. The van der Waals surface area contributed by atoms with E-state index in [0.717, 1.165) is 15.4 Å². The van der Waals surface area contributed by atoms with Gasteiger partial charge in [-0.2, -0.15) is 0 Å². The highest BCUT2D eigenvalue weighted by Gasteiger charge is 2.33. The maximum absolute atomic E-state index is 12.1. The molecular weight excluding hydrogens is 436 g/mol. The van der Waals surface area contributed by atoms with Gasteiger partial charge in [0, 0.05) is 29.9 Å². The summed E-state index contributed by atoms with van der Waals surface area (Å²) in [7, 11) is 0. The lowest BCUT2D eigenvalue weighted by Crippen LogP contribution is -2.45. The molecule has 0 spiro atoms. The molecule has 2 atom stereocenters. The Morgan fingerprint density at radius 3 is 2.62 bits per heavy atom. The molecule has 0 aliphatic rings. The van der Waals surface area contributed by atoms with Gasteiger partial charge in [0.1, 0.15) is 17.2 Å². The van der Waals surface area contributed by atoms with Crippen LogP contribution in [0.1, 0.15) is 19.5 Å². The fraction of sp³-hybridized carbons (Fsp3) is 0.286. The third-order valence-electron chi connectivity index (χ3n) is 5.17. The Morgan fingerprint density at radius 2 is 1.97 bits per heavy atom. The predicted molar refractivity (Wildman–Crippen MR) is 119 cm³/mol. The van der Waals surface area contributed by atoms with Crippen LogP contribution in [0.3, 0.4) is 0 Å². The van der Waals surface area contributed by atoms with E-state index in [-0.39, 0.29) is 6.61 Å². The van der Waals surface area contributed by atoms with Crippen LogP contribution in [-0.2, 0) is 22.5 Å². The second-order valence-electron chi connectivity index (χ2n) is 7.67. The number of aromatic nitrogens is 3. The summed E-state index contributed by atoms with van der Waals surface area (Å²) in [5.74, 6) is -1.58. The SMILES string of the molecule is CC(C)C(C(=O)O)N(c1ccc2oc3cc(-n4cc(CCO)nn4)ccc3c2c1)S(=O)O. The first-order valence-electron chi connectivity index (χ1n) is 9.92. The Morgan fingerprint density at radius 1 is 1.19 bits per heavy atom. The zero-order valence-electron chi connectivity index (χ0n) is 17.4. The molecule has 0 saturated heterocycles. The molecule has 32 heavy (non-hydrogen) atoms. The number of furan rings is 1. The number of nitrogens with zero attached hydrogens (tertiary/aromatic N) is 4. The lowest BCUT2D eigenvalue weighted by molar-refractivity contribution is -0.139. The number of rotatable bonds is 8. The van der Waals surface area contributed by atoms with E-state index >= 15 is 0 Å². The summed E-state index contributed by atoms with van der Waals surface area (Å²) in [6.07, 6.45) is 2.14. The average molecular weight is 458 g/mol. The summed E-state index contributed by atoms with van der Waals surface area (Å²) in [6.45, 7) is 3.35. The van der Waals surface area contributed by atoms with Crippen LogP contribution >= 0.6 is 0 Å². The summed E-state index contributed by atoms with van der Waals surface area (Å²) in [5, 5.41) is 28.2. The van der Waals surface area contributed by atoms with E-state index in [0.29, 0.717) is 34.4 Å². The summed E-state index contributed by atoms with van der Waals surface area (Å²) in [4.78, 5) is 11.8. The molecule has 2 aromatic heterocycles. The Hall–Kier alpha value is -3.28. The molecule has 0 amide bonds. The summed E-state index contributed by atoms with van der Waals surface area (Å²) in [6, 6.07) is 9.16. The number of aliphatic hydroxyl groups excluding tert-OH is 1. The van der Waals surface area contributed by atoms with Gasteiger partial charge in [-0.1, -0.05) is 19.1 Å². The number of hydrogen-bond donors (Lipinski definition) is 3. The monoisotopic (exact) mass is 458 g/mol. The lowest BCUT2D eigenvalue weighted by Gasteiger charge is -2.29. The molecule has 2 unspecified atom stereocenters. The molecule has 168 valence electrons. The maximum Gasteiger partial charge on any atom is 0.327 e. The zero-order chi connectivity index (χ0) is 23.0. The van der Waals surface area contributed by atoms with E-state index in [9.17, 15) is 18.7 Å². The first-order chi connectivity index (χ1) is 15.3. The largest absolute Gasteiger partial charge is 0.480 e. The number of carbonyl (C=O) groups is 1. The van der Waals surface area contributed by atoms with Crippen molar-refractivity contribution in [3.63, 3.8) is 0 Å². The highest BCUT2D eigenvalue weighted by molar-refractivity contribution is 7.80. The van der Waals surface area contributed by atoms with Crippen LogP contribution in [0.15, 0.2) is 47.0 Å². The molecule has 0 bridgehead atoms. The minimum atomic E-state index is -2.53. The molecule has 0 fully saturated rings. The van der Waals surface area contributed by atoms with Gasteiger partial charge < -0.3 is 14.6 Å². The smallest absolute Gasteiger partial charge is 0.327 e. The van der Waals surface area contributed by atoms with Crippen molar-refractivity contribution in [1.29, 1.82) is 0 Å². The van der Waals surface area contributed by atoms with Crippen molar-refractivity contribution < 1.29 is 28.2 Å². The van der Waals surface area contributed by atoms with Crippen molar-refractivity contribution in [3.05, 3.63) is 48.3 Å². The molecule has 4 aromatic rings. The number of aliphatic carboxylic acids is 1. The lowest BCUT2D eigenvalue weighted by atomic mass is 10.0. The number of fused-ring (bicyclic) bond motifs is 3. The Kier molecular flexibility index (Phi) is 5.96. The van der Waals surface area contributed by atoms with Gasteiger partial charge in [0.05, 0.1) is 23.3 Å². The van der Waals surface area contributed by atoms with Gasteiger partial charge >= 0.3 is 5.97 Å². The number of hydrogen-bond acceptors (Lipinski definition) is 6. The highest BCUT2D eigenvalue weighted by atomic mass is 32.2. The standard InChI is InChI=1S/C21H22N4O6S/c1-12(2)20(21(27)28)25(32(29)30)15-4-6-18-17(9-15)16-5-3-14(10-19(16)31-18)24-11-13(7-8-26)22-23-24/h3-6,9-12,20,26H,7-8H2,1-2H3,(H,27,28)(H,29,30). The van der Waals surface area contributed by atoms with Crippen LogP contribution in [0.2, 0.25) is 0 Å². The molecule has 10 nitrogen and oxygen atoms in total. The van der Waals surface area contributed by atoms with Gasteiger partial charge in [0.15, 0.2) is 0 Å². The quantitative estimate of drug-likeness (QED) is 0.342. The molecule has 0 radical (unpaired) electrons. The van der Waals surface area contributed by atoms with Gasteiger partial charge in [0.25, 0.3) is 11.3 Å². The van der Waals surface area contributed by atoms with Crippen molar-refractivity contribution in [1.82, 2.24) is 15.0 Å². The first-order valence-corrected chi connectivity index (χ1v) is 11.0. The average Bonchev–Trinajstić information content (AvgIpc) is 3.34. The molecule has 0 aliphatic carbocycles. The fourth-order valence-electron chi connectivity index (χ4n) is 3.69. The van der Waals surface area contributed by atoms with E-state index in [1.807, 2.05) is 12.1 Å². The van der Waals surface area contributed by atoms with E-state index in [4.69, 9.17) is 9.52 Å². The van der Waals surface area contributed by atoms with Gasteiger partial charge in [-0.3, -0.25) is 8.86 Å². The molecular formula is C21H22N4O6S. The third kappa shape index (κ3) is 3.97. The molecule has 2 aromatic carbocycles. The Bertz CT molecular complexity index is 1310. The van der Waals surface area contributed by atoms with Crippen LogP contribution in [0.25, 0.3) is 27.6 Å². The van der Waals surface area contributed by atoms with Crippen LogP contribution in [0, 0.1) is 5.92 Å². The third-order valence-corrected chi connectivity index (χ3v) is 5.95. The number of carboxylic acids is 1. The van der Waals surface area contributed by atoms with Crippen molar-refractivity contribution in [2.75, 3.05) is 10.9 Å². The second-order valence-corrected chi connectivity index (χ2v) is 8.53. The molecule has 3 N–H and O–H groups in total. The Labute approximate surface area is 185 Å². The van der Waals surface area contributed by atoms with Gasteiger partial charge in [-0.15, -0.1) is 5.10 Å². The topological polar surface area (TPSA) is 142 Å². The number of carboxylic acid groups (broad SMARTS) is 1. The van der Waals surface area contributed by atoms with Crippen molar-refractivity contribution in [3.8, 4) is 5.69 Å². The van der Waals surface area contributed by atoms with Gasteiger partial charge in [-0.25, -0.2) is 13.7 Å². The van der Waals surface area contributed by atoms with E-state index in [1.165, 1.54) is 0 Å². The molecule has 0 aliphatic heterocycles. The molecule has 11 heteroatoms. The Balaban J connectivity index is 1.78. The van der Waals surface area contributed by atoms with E-state index < -0.39 is 29.2 Å². The van der Waals surface area contributed by atoms with Gasteiger partial charge in [0.2, 0.25) is 0 Å². The van der Waals surface area contributed by atoms with Crippen LogP contribution in [0.5, 0.6) is 0 Å². The van der Waals surface area contributed by atoms with Crippen LogP contribution in [0.4, 0.5) is 5.69 Å². The minimum Gasteiger partial charge on any atom is -0.480 e. The molecule has 2 heterocycles. The van der Waals surface area contributed by atoms with Crippen LogP contribution < -0.4 is 4.31 Å². The van der Waals surface area contributed by atoms with Gasteiger partial charge in [-0.05, 0) is 36.2 Å². The van der Waals surface area contributed by atoms with Crippen molar-refractivity contribution in [2.45, 2.75) is 26.3 Å². The van der Waals surface area contributed by atoms with E-state index in [1.54, 1.807) is 49.0 Å². The van der Waals surface area contributed by atoms with E-state index in [2.05, 4.69) is 10.3 Å².